The minimum Gasteiger partial charge on any atom is -0.451 e. The summed E-state index contributed by atoms with van der Waals surface area (Å²) in [5.74, 6) is 0.586. The summed E-state index contributed by atoms with van der Waals surface area (Å²) < 4.78 is 5.27. The molecule has 0 aromatic heterocycles. The Morgan fingerprint density at radius 3 is 2.54 bits per heavy atom. The van der Waals surface area contributed by atoms with Gasteiger partial charge in [0.1, 0.15) is 5.75 Å². The maximum atomic E-state index is 11.0. The summed E-state index contributed by atoms with van der Waals surface area (Å²) in [6.45, 7) is 0. The summed E-state index contributed by atoms with van der Waals surface area (Å²) >= 11 is 0. The molecule has 0 saturated carbocycles. The van der Waals surface area contributed by atoms with Gasteiger partial charge in [0.15, 0.2) is 5.76 Å². The molecule has 0 bridgehead atoms. The van der Waals surface area contributed by atoms with Crippen molar-refractivity contribution in [3.8, 4) is 5.75 Å². The fourth-order valence-corrected chi connectivity index (χ4v) is 1.00. The number of hydrogen-bond donors (Lipinski definition) is 0. The first-order chi connectivity index (χ1) is 6.36. The number of benzene rings is 1. The van der Waals surface area contributed by atoms with Crippen LogP contribution in [-0.4, -0.2) is 12.1 Å². The number of hydrogen-bond acceptors (Lipinski definition) is 2. The first kappa shape index (κ1) is 7.73. The van der Waals surface area contributed by atoms with Gasteiger partial charge in [0.2, 0.25) is 0 Å². The molecule has 13 heavy (non-hydrogen) atoms. The molecule has 3 nitrogen and oxygen atoms in total. The van der Waals surface area contributed by atoms with Gasteiger partial charge in [-0.3, -0.25) is 4.79 Å². The number of allylic oxidation sites excluding steroid dienone is 1. The van der Waals surface area contributed by atoms with E-state index in [1.807, 2.05) is 18.2 Å². The molecule has 0 aliphatic carbocycles. The summed E-state index contributed by atoms with van der Waals surface area (Å²) in [5, 5.41) is 0. The van der Waals surface area contributed by atoms with Gasteiger partial charge in [-0.1, -0.05) is 18.2 Å². The van der Waals surface area contributed by atoms with E-state index in [-0.39, 0.29) is 11.7 Å². The fraction of sp³-hybridized carbons (Fsp3) is 0. The highest BCUT2D eigenvalue weighted by molar-refractivity contribution is 6.06. The maximum absolute atomic E-state index is 11.0. The lowest BCUT2D eigenvalue weighted by molar-refractivity contribution is -0.116. The molecule has 1 aliphatic rings. The van der Waals surface area contributed by atoms with E-state index in [4.69, 9.17) is 4.74 Å². The maximum Gasteiger partial charge on any atom is 0.312 e. The van der Waals surface area contributed by atoms with Crippen molar-refractivity contribution in [2.45, 2.75) is 0 Å². The first-order valence-corrected chi connectivity index (χ1v) is 3.88. The summed E-state index contributed by atoms with van der Waals surface area (Å²) in [7, 11) is 0. The molecule has 0 N–H and O–H groups in total. The molecule has 1 aromatic rings. The molecule has 0 saturated heterocycles. The van der Waals surface area contributed by atoms with Crippen molar-refractivity contribution in [3.05, 3.63) is 42.2 Å². The highest BCUT2D eigenvalue weighted by Gasteiger charge is 2.13. The molecule has 0 unspecified atom stereocenters. The van der Waals surface area contributed by atoms with Gasteiger partial charge in [-0.15, -0.1) is 0 Å². The lowest BCUT2D eigenvalue weighted by Crippen LogP contribution is -2.02. The highest BCUT2D eigenvalue weighted by atomic mass is 16.5. The standard InChI is InChI=1S/C10H7NO2/c12-10-9(6-7-11-10)13-8-4-2-1-3-5-8/h1-7H. The minimum atomic E-state index is -0.330. The van der Waals surface area contributed by atoms with Gasteiger partial charge in [0, 0.05) is 12.3 Å². The van der Waals surface area contributed by atoms with Crippen molar-refractivity contribution < 1.29 is 9.53 Å². The van der Waals surface area contributed by atoms with Gasteiger partial charge >= 0.3 is 5.91 Å². The summed E-state index contributed by atoms with van der Waals surface area (Å²) in [4.78, 5) is 14.5. The Balaban J connectivity index is 2.12. The van der Waals surface area contributed by atoms with Crippen LogP contribution < -0.4 is 4.74 Å². The second kappa shape index (κ2) is 3.23. The van der Waals surface area contributed by atoms with Gasteiger partial charge < -0.3 is 4.74 Å². The highest BCUT2D eigenvalue weighted by Crippen LogP contribution is 2.14. The molecule has 0 atom stereocenters. The molecule has 1 aromatic carbocycles. The van der Waals surface area contributed by atoms with Crippen molar-refractivity contribution in [1.29, 1.82) is 0 Å². The lowest BCUT2D eigenvalue weighted by Gasteiger charge is -2.02. The topological polar surface area (TPSA) is 38.7 Å². The van der Waals surface area contributed by atoms with Crippen LogP contribution in [0.5, 0.6) is 5.75 Å². The molecule has 0 radical (unpaired) electrons. The van der Waals surface area contributed by atoms with Gasteiger partial charge in [-0.05, 0) is 12.1 Å². The predicted octanol–water partition coefficient (Wildman–Crippen LogP) is 1.56. The van der Waals surface area contributed by atoms with Gasteiger partial charge in [-0.25, -0.2) is 4.99 Å². The number of carbonyl (C=O) groups is 1. The Morgan fingerprint density at radius 2 is 1.92 bits per heavy atom. The van der Waals surface area contributed by atoms with E-state index >= 15 is 0 Å². The predicted molar refractivity (Wildman–Crippen MR) is 48.7 cm³/mol. The smallest absolute Gasteiger partial charge is 0.312 e. The third-order valence-electron chi connectivity index (χ3n) is 1.60. The molecular formula is C10H7NO2. The van der Waals surface area contributed by atoms with Crippen LogP contribution in [0.4, 0.5) is 0 Å². The van der Waals surface area contributed by atoms with Crippen LogP contribution in [0.2, 0.25) is 0 Å². The van der Waals surface area contributed by atoms with Gasteiger partial charge in [-0.2, -0.15) is 0 Å². The van der Waals surface area contributed by atoms with E-state index in [2.05, 4.69) is 4.99 Å². The molecule has 0 spiro atoms. The first-order valence-electron chi connectivity index (χ1n) is 3.88. The number of rotatable bonds is 2. The molecule has 1 heterocycles. The van der Waals surface area contributed by atoms with Crippen LogP contribution in [0.3, 0.4) is 0 Å². The van der Waals surface area contributed by atoms with E-state index in [1.54, 1.807) is 18.2 Å². The number of para-hydroxylation sites is 1. The fourth-order valence-electron chi connectivity index (χ4n) is 1.00. The Labute approximate surface area is 75.4 Å². The average molecular weight is 173 g/mol. The van der Waals surface area contributed by atoms with Gasteiger partial charge in [0.25, 0.3) is 0 Å². The van der Waals surface area contributed by atoms with E-state index < -0.39 is 0 Å². The zero-order valence-corrected chi connectivity index (χ0v) is 6.81. The number of ether oxygens (including phenoxy) is 1. The molecule has 2 rings (SSSR count). The van der Waals surface area contributed by atoms with Crippen molar-refractivity contribution in [2.24, 2.45) is 4.99 Å². The monoisotopic (exact) mass is 173 g/mol. The minimum absolute atomic E-state index is 0.270. The molecular weight excluding hydrogens is 166 g/mol. The SMILES string of the molecule is O=C1N=CC=C1Oc1ccccc1. The number of aliphatic imine (C=N–C) groups is 1. The van der Waals surface area contributed by atoms with Crippen molar-refractivity contribution in [1.82, 2.24) is 0 Å². The second-order valence-electron chi connectivity index (χ2n) is 2.53. The zero-order chi connectivity index (χ0) is 9.10. The molecule has 0 fully saturated rings. The molecule has 64 valence electrons. The third kappa shape index (κ3) is 1.64. The van der Waals surface area contributed by atoms with Gasteiger partial charge in [0.05, 0.1) is 0 Å². The normalized spacial score (nSPS) is 14.5. The Morgan fingerprint density at radius 1 is 1.15 bits per heavy atom. The third-order valence-corrected chi connectivity index (χ3v) is 1.60. The second-order valence-corrected chi connectivity index (χ2v) is 2.53. The Bertz CT molecular complexity index is 379. The van der Waals surface area contributed by atoms with E-state index in [1.165, 1.54) is 6.21 Å². The van der Waals surface area contributed by atoms with Crippen molar-refractivity contribution in [3.63, 3.8) is 0 Å². The Kier molecular flexibility index (Phi) is 1.92. The molecule has 1 amide bonds. The lowest BCUT2D eigenvalue weighted by atomic mass is 10.3. The number of amides is 1. The van der Waals surface area contributed by atoms with Crippen LogP contribution in [-0.2, 0) is 4.79 Å². The van der Waals surface area contributed by atoms with Crippen LogP contribution in [0, 0.1) is 0 Å². The van der Waals surface area contributed by atoms with Crippen LogP contribution in [0.25, 0.3) is 0 Å². The molecule has 1 aliphatic heterocycles. The van der Waals surface area contributed by atoms with E-state index in [0.717, 1.165) is 0 Å². The van der Waals surface area contributed by atoms with E-state index in [0.29, 0.717) is 5.75 Å². The largest absolute Gasteiger partial charge is 0.451 e. The average Bonchev–Trinajstić information content (AvgIpc) is 2.54. The van der Waals surface area contributed by atoms with Crippen molar-refractivity contribution in [2.75, 3.05) is 0 Å². The van der Waals surface area contributed by atoms with Crippen molar-refractivity contribution >= 4 is 12.1 Å². The summed E-state index contributed by atoms with van der Waals surface area (Å²) in [6, 6.07) is 9.14. The van der Waals surface area contributed by atoms with Crippen LogP contribution in [0.15, 0.2) is 47.2 Å². The number of nitrogens with zero attached hydrogens (tertiary/aromatic N) is 1. The zero-order valence-electron chi connectivity index (χ0n) is 6.81. The van der Waals surface area contributed by atoms with Crippen LogP contribution in [0.1, 0.15) is 0 Å². The summed E-state index contributed by atoms with van der Waals surface area (Å²) in [6.07, 6.45) is 2.98. The molecule has 3 heteroatoms. The number of carbonyl (C=O) groups excluding carboxylic acids is 1. The summed E-state index contributed by atoms with van der Waals surface area (Å²) in [5.41, 5.74) is 0. The Hall–Kier alpha value is -1.90. The van der Waals surface area contributed by atoms with E-state index in [9.17, 15) is 4.79 Å². The quantitative estimate of drug-likeness (QED) is 0.680. The van der Waals surface area contributed by atoms with Crippen LogP contribution >= 0.6 is 0 Å².